The number of carbonyl (C=O) groups excluding carboxylic acids is 1. The zero-order valence-electron chi connectivity index (χ0n) is 9.39. The van der Waals surface area contributed by atoms with Gasteiger partial charge in [-0.05, 0) is 13.8 Å². The second-order valence-corrected chi connectivity index (χ2v) is 3.89. The van der Waals surface area contributed by atoms with Crippen LogP contribution < -0.4 is 0 Å². The molecule has 1 fully saturated rings. The van der Waals surface area contributed by atoms with Gasteiger partial charge in [0, 0.05) is 26.2 Å². The van der Waals surface area contributed by atoms with E-state index in [0.717, 1.165) is 0 Å². The lowest BCUT2D eigenvalue weighted by molar-refractivity contribution is -0.131. The topological polar surface area (TPSA) is 64.0 Å². The van der Waals surface area contributed by atoms with E-state index in [9.17, 15) is 15.0 Å². The number of carbonyl (C=O) groups is 1. The SMILES string of the molecule is CCN(CC)C(=O)CN1C[C@@H](O)[C@@H](O)C1. The van der Waals surface area contributed by atoms with Crippen LogP contribution in [-0.2, 0) is 4.79 Å². The number of hydrogen-bond acceptors (Lipinski definition) is 4. The molecule has 0 unspecified atom stereocenters. The molecule has 5 nitrogen and oxygen atoms in total. The van der Waals surface area contributed by atoms with Gasteiger partial charge in [0.25, 0.3) is 0 Å². The summed E-state index contributed by atoms with van der Waals surface area (Å²) < 4.78 is 0. The van der Waals surface area contributed by atoms with Crippen molar-refractivity contribution in [1.82, 2.24) is 9.80 Å². The van der Waals surface area contributed by atoms with Crippen LogP contribution in [-0.4, -0.2) is 70.9 Å². The molecule has 0 radical (unpaired) electrons. The van der Waals surface area contributed by atoms with Gasteiger partial charge in [0.2, 0.25) is 5.91 Å². The van der Waals surface area contributed by atoms with Crippen molar-refractivity contribution in [2.75, 3.05) is 32.7 Å². The average molecular weight is 216 g/mol. The molecular formula is C10H20N2O3. The van der Waals surface area contributed by atoms with Crippen LogP contribution in [0.5, 0.6) is 0 Å². The van der Waals surface area contributed by atoms with Gasteiger partial charge in [-0.2, -0.15) is 0 Å². The minimum Gasteiger partial charge on any atom is -0.389 e. The predicted octanol–water partition coefficient (Wildman–Crippen LogP) is -1.11. The maximum Gasteiger partial charge on any atom is 0.236 e. The van der Waals surface area contributed by atoms with E-state index in [1.54, 1.807) is 9.80 Å². The minimum absolute atomic E-state index is 0.0568. The highest BCUT2D eigenvalue weighted by molar-refractivity contribution is 5.78. The molecule has 0 bridgehead atoms. The second-order valence-electron chi connectivity index (χ2n) is 3.89. The van der Waals surface area contributed by atoms with E-state index >= 15 is 0 Å². The summed E-state index contributed by atoms with van der Waals surface area (Å²) >= 11 is 0. The Morgan fingerprint density at radius 1 is 1.27 bits per heavy atom. The van der Waals surface area contributed by atoms with Gasteiger partial charge in [0.1, 0.15) is 0 Å². The first kappa shape index (κ1) is 12.4. The summed E-state index contributed by atoms with van der Waals surface area (Å²) in [7, 11) is 0. The van der Waals surface area contributed by atoms with Gasteiger partial charge in [-0.3, -0.25) is 9.69 Å². The van der Waals surface area contributed by atoms with Gasteiger partial charge >= 0.3 is 0 Å². The lowest BCUT2D eigenvalue weighted by atomic mass is 10.3. The van der Waals surface area contributed by atoms with Gasteiger partial charge in [-0.25, -0.2) is 0 Å². The molecule has 5 heteroatoms. The molecule has 1 aliphatic rings. The van der Waals surface area contributed by atoms with E-state index in [-0.39, 0.29) is 12.5 Å². The average Bonchev–Trinajstić information content (AvgIpc) is 2.47. The Balaban J connectivity index is 2.39. The summed E-state index contributed by atoms with van der Waals surface area (Å²) in [4.78, 5) is 15.2. The molecule has 0 aromatic heterocycles. The van der Waals surface area contributed by atoms with Crippen molar-refractivity contribution in [2.24, 2.45) is 0 Å². The van der Waals surface area contributed by atoms with Gasteiger partial charge in [-0.1, -0.05) is 0 Å². The highest BCUT2D eigenvalue weighted by Crippen LogP contribution is 2.09. The molecule has 2 N–H and O–H groups in total. The summed E-state index contributed by atoms with van der Waals surface area (Å²) in [6.45, 7) is 6.34. The molecule has 15 heavy (non-hydrogen) atoms. The van der Waals surface area contributed by atoms with Gasteiger partial charge in [0.15, 0.2) is 0 Å². The summed E-state index contributed by atoms with van der Waals surface area (Å²) in [5, 5.41) is 18.6. The molecule has 1 saturated heterocycles. The first-order valence-electron chi connectivity index (χ1n) is 5.44. The van der Waals surface area contributed by atoms with E-state index in [4.69, 9.17) is 0 Å². The van der Waals surface area contributed by atoms with Crippen molar-refractivity contribution in [3.63, 3.8) is 0 Å². The summed E-state index contributed by atoms with van der Waals surface area (Å²) in [5.74, 6) is 0.0568. The van der Waals surface area contributed by atoms with Gasteiger partial charge in [0.05, 0.1) is 18.8 Å². The molecule has 1 heterocycles. The Labute approximate surface area is 90.3 Å². The maximum absolute atomic E-state index is 11.7. The van der Waals surface area contributed by atoms with Crippen molar-refractivity contribution in [2.45, 2.75) is 26.1 Å². The molecular weight excluding hydrogens is 196 g/mol. The Morgan fingerprint density at radius 3 is 2.13 bits per heavy atom. The number of aliphatic hydroxyl groups is 2. The highest BCUT2D eigenvalue weighted by Gasteiger charge is 2.30. The largest absolute Gasteiger partial charge is 0.389 e. The van der Waals surface area contributed by atoms with Crippen LogP contribution in [0.3, 0.4) is 0 Å². The Morgan fingerprint density at radius 2 is 1.73 bits per heavy atom. The van der Waals surface area contributed by atoms with E-state index in [2.05, 4.69) is 0 Å². The number of likely N-dealkylation sites (tertiary alicyclic amines) is 1. The minimum atomic E-state index is -0.713. The second kappa shape index (κ2) is 5.44. The fourth-order valence-corrected chi connectivity index (χ4v) is 1.84. The van der Waals surface area contributed by atoms with E-state index in [1.165, 1.54) is 0 Å². The third-order valence-corrected chi connectivity index (χ3v) is 2.81. The van der Waals surface area contributed by atoms with Gasteiger partial charge < -0.3 is 15.1 Å². The summed E-state index contributed by atoms with van der Waals surface area (Å²) in [6.07, 6.45) is -1.43. The number of amides is 1. The Bertz CT molecular complexity index is 209. The van der Waals surface area contributed by atoms with E-state index < -0.39 is 12.2 Å². The zero-order valence-corrected chi connectivity index (χ0v) is 9.39. The van der Waals surface area contributed by atoms with Crippen molar-refractivity contribution in [3.8, 4) is 0 Å². The highest BCUT2D eigenvalue weighted by atomic mass is 16.3. The Kier molecular flexibility index (Phi) is 4.50. The van der Waals surface area contributed by atoms with Crippen LogP contribution in [0.25, 0.3) is 0 Å². The van der Waals surface area contributed by atoms with E-state index in [1.807, 2.05) is 13.8 Å². The van der Waals surface area contributed by atoms with Gasteiger partial charge in [-0.15, -0.1) is 0 Å². The molecule has 88 valence electrons. The number of likely N-dealkylation sites (N-methyl/N-ethyl adjacent to an activating group) is 1. The number of nitrogens with zero attached hydrogens (tertiary/aromatic N) is 2. The van der Waals surface area contributed by atoms with Crippen LogP contribution in [0.2, 0.25) is 0 Å². The third kappa shape index (κ3) is 3.15. The summed E-state index contributed by atoms with van der Waals surface area (Å²) in [5.41, 5.74) is 0. The molecule has 0 aliphatic carbocycles. The quantitative estimate of drug-likeness (QED) is 0.625. The number of rotatable bonds is 4. The van der Waals surface area contributed by atoms with Crippen molar-refractivity contribution in [3.05, 3.63) is 0 Å². The van der Waals surface area contributed by atoms with Crippen LogP contribution in [0.4, 0.5) is 0 Å². The van der Waals surface area contributed by atoms with E-state index in [0.29, 0.717) is 26.2 Å². The number of hydrogen-bond donors (Lipinski definition) is 2. The first-order chi connectivity index (χ1) is 7.08. The normalized spacial score (nSPS) is 26.9. The third-order valence-electron chi connectivity index (χ3n) is 2.81. The summed E-state index contributed by atoms with van der Waals surface area (Å²) in [6, 6.07) is 0. The lowest BCUT2D eigenvalue weighted by Crippen LogP contribution is -2.39. The molecule has 1 aliphatic heterocycles. The van der Waals surface area contributed by atoms with Crippen molar-refractivity contribution < 1.29 is 15.0 Å². The van der Waals surface area contributed by atoms with Crippen LogP contribution in [0.1, 0.15) is 13.8 Å². The monoisotopic (exact) mass is 216 g/mol. The van der Waals surface area contributed by atoms with Crippen molar-refractivity contribution in [1.29, 1.82) is 0 Å². The molecule has 0 aromatic carbocycles. The predicted molar refractivity (Wildman–Crippen MR) is 56.4 cm³/mol. The van der Waals surface area contributed by atoms with Crippen LogP contribution in [0, 0.1) is 0 Å². The lowest BCUT2D eigenvalue weighted by Gasteiger charge is -2.22. The maximum atomic E-state index is 11.7. The Hall–Kier alpha value is -0.650. The number of aliphatic hydroxyl groups excluding tert-OH is 2. The fraction of sp³-hybridized carbons (Fsp3) is 0.900. The smallest absolute Gasteiger partial charge is 0.236 e. The molecule has 2 atom stereocenters. The molecule has 1 rings (SSSR count). The van der Waals surface area contributed by atoms with Crippen LogP contribution >= 0.6 is 0 Å². The molecule has 0 saturated carbocycles. The van der Waals surface area contributed by atoms with Crippen molar-refractivity contribution >= 4 is 5.91 Å². The molecule has 1 amide bonds. The number of β-amino-alcohol motifs (C(OH)–C–C–N with tert-alkyl or cyclic N) is 2. The molecule has 0 spiro atoms. The molecule has 0 aromatic rings. The fourth-order valence-electron chi connectivity index (χ4n) is 1.84. The first-order valence-corrected chi connectivity index (χ1v) is 5.44. The zero-order chi connectivity index (χ0) is 11.4. The standard InChI is InChI=1S/C10H20N2O3/c1-3-12(4-2)10(15)7-11-5-8(13)9(14)6-11/h8-9,13-14H,3-7H2,1-2H3/t8-,9+. The van der Waals surface area contributed by atoms with Crippen LogP contribution in [0.15, 0.2) is 0 Å².